The molecule has 2 aromatic rings. The molecule has 0 aliphatic rings. The van der Waals surface area contributed by atoms with E-state index in [1.54, 1.807) is 0 Å². The second kappa shape index (κ2) is 7.97. The molecule has 1 unspecified atom stereocenters. The van der Waals surface area contributed by atoms with E-state index >= 15 is 0 Å². The molecule has 1 atom stereocenters. The Bertz CT molecular complexity index is 646. The third kappa shape index (κ3) is 5.70. The number of nitrogens with one attached hydrogen (secondary N) is 2. The molecule has 0 spiro atoms. The Balaban J connectivity index is 1.78. The lowest BCUT2D eigenvalue weighted by Crippen LogP contribution is -2.36. The van der Waals surface area contributed by atoms with Crippen LogP contribution in [0.2, 0.25) is 0 Å². The molecule has 4 heteroatoms. The number of aliphatic hydroxyl groups excluding tert-OH is 1. The Morgan fingerprint density at radius 3 is 2.25 bits per heavy atom. The lowest BCUT2D eigenvalue weighted by molar-refractivity contribution is 0.172. The largest absolute Gasteiger partial charge is 0.391 e. The first-order chi connectivity index (χ1) is 11.3. The molecule has 2 rings (SSSR count). The van der Waals surface area contributed by atoms with Crippen LogP contribution in [0.4, 0.5) is 10.5 Å². The summed E-state index contributed by atoms with van der Waals surface area (Å²) in [7, 11) is 0. The topological polar surface area (TPSA) is 61.4 Å². The van der Waals surface area contributed by atoms with Crippen molar-refractivity contribution >= 4 is 11.7 Å². The van der Waals surface area contributed by atoms with E-state index in [-0.39, 0.29) is 18.0 Å². The van der Waals surface area contributed by atoms with E-state index in [2.05, 4.69) is 31.4 Å². The van der Waals surface area contributed by atoms with Gasteiger partial charge in [-0.05, 0) is 28.7 Å². The average molecular weight is 326 g/mol. The van der Waals surface area contributed by atoms with Gasteiger partial charge in [0.15, 0.2) is 0 Å². The highest BCUT2D eigenvalue weighted by atomic mass is 16.3. The van der Waals surface area contributed by atoms with Crippen LogP contribution in [0, 0.1) is 0 Å². The number of hydrogen-bond donors (Lipinski definition) is 3. The van der Waals surface area contributed by atoms with E-state index < -0.39 is 6.10 Å². The lowest BCUT2D eigenvalue weighted by Gasteiger charge is -2.19. The summed E-state index contributed by atoms with van der Waals surface area (Å²) in [6.07, 6.45) is -0.0945. The van der Waals surface area contributed by atoms with E-state index in [0.29, 0.717) is 6.42 Å². The van der Waals surface area contributed by atoms with Crippen molar-refractivity contribution in [3.63, 3.8) is 0 Å². The summed E-state index contributed by atoms with van der Waals surface area (Å²) in [6.45, 7) is 6.66. The number of carbonyl (C=O) groups is 1. The van der Waals surface area contributed by atoms with Gasteiger partial charge in [-0.2, -0.15) is 0 Å². The van der Waals surface area contributed by atoms with Crippen LogP contribution in [0.5, 0.6) is 0 Å². The van der Waals surface area contributed by atoms with Crippen molar-refractivity contribution in [1.29, 1.82) is 0 Å². The first kappa shape index (κ1) is 18.0. The normalized spacial score (nSPS) is 12.5. The van der Waals surface area contributed by atoms with Gasteiger partial charge in [0.05, 0.1) is 6.10 Å². The highest BCUT2D eigenvalue weighted by molar-refractivity contribution is 5.89. The fourth-order valence-electron chi connectivity index (χ4n) is 2.40. The molecule has 0 saturated heterocycles. The molecule has 128 valence electrons. The van der Waals surface area contributed by atoms with Crippen LogP contribution in [0.1, 0.15) is 31.9 Å². The second-order valence-corrected chi connectivity index (χ2v) is 7.01. The Morgan fingerprint density at radius 2 is 1.67 bits per heavy atom. The van der Waals surface area contributed by atoms with Crippen molar-refractivity contribution in [3.8, 4) is 0 Å². The van der Waals surface area contributed by atoms with Gasteiger partial charge in [0.2, 0.25) is 0 Å². The first-order valence-corrected chi connectivity index (χ1v) is 8.22. The predicted molar refractivity (Wildman–Crippen MR) is 98.3 cm³/mol. The van der Waals surface area contributed by atoms with Gasteiger partial charge in [0.25, 0.3) is 0 Å². The summed E-state index contributed by atoms with van der Waals surface area (Å²) in [6, 6.07) is 17.2. The quantitative estimate of drug-likeness (QED) is 0.784. The van der Waals surface area contributed by atoms with Crippen molar-refractivity contribution in [2.45, 2.75) is 38.7 Å². The molecular formula is C20H26N2O2. The molecule has 0 radical (unpaired) electrons. The summed E-state index contributed by atoms with van der Waals surface area (Å²) in [5.74, 6) is 0. The molecule has 24 heavy (non-hydrogen) atoms. The monoisotopic (exact) mass is 326 g/mol. The summed E-state index contributed by atoms with van der Waals surface area (Å²) in [4.78, 5) is 11.9. The number of rotatable bonds is 5. The van der Waals surface area contributed by atoms with Crippen molar-refractivity contribution < 1.29 is 9.90 Å². The van der Waals surface area contributed by atoms with E-state index in [4.69, 9.17) is 0 Å². The molecule has 2 aromatic carbocycles. The maximum atomic E-state index is 11.9. The summed E-state index contributed by atoms with van der Waals surface area (Å²) < 4.78 is 0. The van der Waals surface area contributed by atoms with Crippen LogP contribution >= 0.6 is 0 Å². The highest BCUT2D eigenvalue weighted by Gasteiger charge is 2.13. The minimum atomic E-state index is -0.610. The van der Waals surface area contributed by atoms with Gasteiger partial charge in [0, 0.05) is 18.7 Å². The molecular weight excluding hydrogens is 300 g/mol. The van der Waals surface area contributed by atoms with Crippen LogP contribution in [0.3, 0.4) is 0 Å². The van der Waals surface area contributed by atoms with Crippen LogP contribution in [-0.2, 0) is 11.8 Å². The summed E-state index contributed by atoms with van der Waals surface area (Å²) in [5.41, 5.74) is 3.08. The SMILES string of the molecule is CC(C)(C)c1ccc(NC(=O)NCC(O)Cc2ccccc2)cc1. The van der Waals surface area contributed by atoms with E-state index in [1.165, 1.54) is 5.56 Å². The molecule has 4 nitrogen and oxygen atoms in total. The van der Waals surface area contributed by atoms with Crippen molar-refractivity contribution in [2.24, 2.45) is 0 Å². The zero-order chi connectivity index (χ0) is 17.6. The van der Waals surface area contributed by atoms with Gasteiger partial charge in [-0.1, -0.05) is 63.2 Å². The van der Waals surface area contributed by atoms with Crippen molar-refractivity contribution in [1.82, 2.24) is 5.32 Å². The third-order valence-corrected chi connectivity index (χ3v) is 3.82. The number of benzene rings is 2. The number of carbonyl (C=O) groups excluding carboxylic acids is 1. The van der Waals surface area contributed by atoms with Crippen molar-refractivity contribution in [2.75, 3.05) is 11.9 Å². The molecule has 0 bridgehead atoms. The Hall–Kier alpha value is -2.33. The minimum Gasteiger partial charge on any atom is -0.391 e. The fourth-order valence-corrected chi connectivity index (χ4v) is 2.40. The average Bonchev–Trinajstić information content (AvgIpc) is 2.53. The summed E-state index contributed by atoms with van der Waals surface area (Å²) >= 11 is 0. The number of amides is 2. The molecule has 0 aliphatic heterocycles. The van der Waals surface area contributed by atoms with E-state index in [1.807, 2.05) is 54.6 Å². The van der Waals surface area contributed by atoms with Crippen molar-refractivity contribution in [3.05, 3.63) is 65.7 Å². The first-order valence-electron chi connectivity index (χ1n) is 8.22. The van der Waals surface area contributed by atoms with Crippen LogP contribution in [-0.4, -0.2) is 23.8 Å². The maximum absolute atomic E-state index is 11.9. The Kier molecular flexibility index (Phi) is 5.99. The minimum absolute atomic E-state index is 0.0857. The standard InChI is InChI=1S/C20H26N2O2/c1-20(2,3)16-9-11-17(12-10-16)22-19(24)21-14-18(23)13-15-7-5-4-6-8-15/h4-12,18,23H,13-14H2,1-3H3,(H2,21,22,24). The molecule has 0 aliphatic carbocycles. The smallest absolute Gasteiger partial charge is 0.319 e. The van der Waals surface area contributed by atoms with Crippen LogP contribution < -0.4 is 10.6 Å². The Morgan fingerprint density at radius 1 is 1.04 bits per heavy atom. The molecule has 2 amide bonds. The Labute approximate surface area is 143 Å². The molecule has 3 N–H and O–H groups in total. The number of aliphatic hydroxyl groups is 1. The number of hydrogen-bond acceptors (Lipinski definition) is 2. The number of anilines is 1. The highest BCUT2D eigenvalue weighted by Crippen LogP contribution is 2.23. The van der Waals surface area contributed by atoms with Gasteiger partial charge in [-0.3, -0.25) is 0 Å². The van der Waals surface area contributed by atoms with Gasteiger partial charge in [0.1, 0.15) is 0 Å². The number of urea groups is 1. The second-order valence-electron chi connectivity index (χ2n) is 7.01. The zero-order valence-corrected chi connectivity index (χ0v) is 14.5. The van der Waals surface area contributed by atoms with E-state index in [0.717, 1.165) is 11.3 Å². The molecule has 0 heterocycles. The molecule has 0 fully saturated rings. The molecule has 0 saturated carbocycles. The fraction of sp³-hybridized carbons (Fsp3) is 0.350. The van der Waals surface area contributed by atoms with Crippen LogP contribution in [0.25, 0.3) is 0 Å². The maximum Gasteiger partial charge on any atom is 0.319 e. The summed E-state index contributed by atoms with van der Waals surface area (Å²) in [5, 5.41) is 15.5. The predicted octanol–water partition coefficient (Wildman–Crippen LogP) is 3.71. The van der Waals surface area contributed by atoms with Gasteiger partial charge < -0.3 is 15.7 Å². The van der Waals surface area contributed by atoms with Gasteiger partial charge in [-0.15, -0.1) is 0 Å². The lowest BCUT2D eigenvalue weighted by atomic mass is 9.87. The zero-order valence-electron chi connectivity index (χ0n) is 14.5. The van der Waals surface area contributed by atoms with Gasteiger partial charge >= 0.3 is 6.03 Å². The third-order valence-electron chi connectivity index (χ3n) is 3.82. The van der Waals surface area contributed by atoms with Gasteiger partial charge in [-0.25, -0.2) is 4.79 Å². The van der Waals surface area contributed by atoms with E-state index in [9.17, 15) is 9.90 Å². The molecule has 0 aromatic heterocycles. The van der Waals surface area contributed by atoms with Crippen LogP contribution in [0.15, 0.2) is 54.6 Å².